The Bertz CT molecular complexity index is 222. The molecular formula is C6H6Cl6Si2. The van der Waals surface area contributed by atoms with Gasteiger partial charge in [-0.3, -0.25) is 0 Å². The average Bonchev–Trinajstić information content (AvgIpc) is 2.01. The van der Waals surface area contributed by atoms with E-state index in [9.17, 15) is 0 Å². The molecule has 80 valence electrons. The molecule has 0 spiro atoms. The van der Waals surface area contributed by atoms with E-state index < -0.39 is 12.0 Å². The van der Waals surface area contributed by atoms with E-state index in [0.717, 1.165) is 0 Å². The molecular weight excluding hydrogens is 341 g/mol. The molecule has 0 N–H and O–H groups in total. The first kappa shape index (κ1) is 13.7. The zero-order valence-electron chi connectivity index (χ0n) is 6.73. The summed E-state index contributed by atoms with van der Waals surface area (Å²) in [6.07, 6.45) is 7.27. The van der Waals surface area contributed by atoms with Crippen LogP contribution >= 0.6 is 66.5 Å². The molecule has 0 aromatic rings. The van der Waals surface area contributed by atoms with Gasteiger partial charge in [-0.2, -0.15) is 0 Å². The molecule has 0 atom stereocenters. The van der Waals surface area contributed by atoms with Gasteiger partial charge < -0.3 is 0 Å². The first-order valence-electron chi connectivity index (χ1n) is 3.71. The van der Waals surface area contributed by atoms with E-state index in [0.29, 0.717) is 0 Å². The van der Waals surface area contributed by atoms with E-state index in [2.05, 4.69) is 0 Å². The summed E-state index contributed by atoms with van der Waals surface area (Å²) in [6, 6.07) is -5.43. The van der Waals surface area contributed by atoms with E-state index in [1.165, 1.54) is 0 Å². The zero-order valence-corrected chi connectivity index (χ0v) is 13.3. The first-order chi connectivity index (χ1) is 6.21. The van der Waals surface area contributed by atoms with Gasteiger partial charge in [0.05, 0.1) is 0 Å². The van der Waals surface area contributed by atoms with Crippen molar-refractivity contribution in [2.24, 2.45) is 0 Å². The summed E-state index contributed by atoms with van der Waals surface area (Å²) in [5.41, 5.74) is -0.241. The van der Waals surface area contributed by atoms with Crippen molar-refractivity contribution < 1.29 is 0 Å². The Morgan fingerprint density at radius 2 is 0.786 bits per heavy atom. The molecule has 0 saturated carbocycles. The van der Waals surface area contributed by atoms with E-state index in [1.54, 1.807) is 0 Å². The second-order valence-corrected chi connectivity index (χ2v) is 20.6. The van der Waals surface area contributed by atoms with Crippen molar-refractivity contribution in [1.82, 2.24) is 0 Å². The second kappa shape index (κ2) is 4.88. The number of allylic oxidation sites excluding steroid dienone is 4. The molecule has 0 bridgehead atoms. The molecule has 0 aliphatic heterocycles. The maximum absolute atomic E-state index is 5.85. The van der Waals surface area contributed by atoms with Crippen LogP contribution in [0.4, 0.5) is 0 Å². The zero-order chi connectivity index (χ0) is 11.0. The van der Waals surface area contributed by atoms with Crippen molar-refractivity contribution in [1.29, 1.82) is 0 Å². The fourth-order valence-electron chi connectivity index (χ4n) is 1.04. The van der Waals surface area contributed by atoms with E-state index in [-0.39, 0.29) is 11.1 Å². The van der Waals surface area contributed by atoms with Crippen LogP contribution in [0.2, 0.25) is 11.1 Å². The summed E-state index contributed by atoms with van der Waals surface area (Å²) in [5, 5.41) is 0. The molecule has 0 radical (unpaired) electrons. The molecule has 0 heterocycles. The SMILES string of the molecule is Cl[Si](Cl)(Cl)C1C=CC([Si](Cl)(Cl)Cl)C=C1. The van der Waals surface area contributed by atoms with Crippen molar-refractivity contribution in [2.45, 2.75) is 11.1 Å². The van der Waals surface area contributed by atoms with Crippen molar-refractivity contribution in [3.63, 3.8) is 0 Å². The van der Waals surface area contributed by atoms with Crippen LogP contribution in [0.25, 0.3) is 0 Å². The van der Waals surface area contributed by atoms with Crippen molar-refractivity contribution in [3.05, 3.63) is 24.3 Å². The third kappa shape index (κ3) is 3.91. The number of hydrogen-bond donors (Lipinski definition) is 0. The van der Waals surface area contributed by atoms with Crippen molar-refractivity contribution in [2.75, 3.05) is 0 Å². The van der Waals surface area contributed by atoms with Gasteiger partial charge >= 0.3 is 12.0 Å². The Morgan fingerprint density at radius 3 is 0.929 bits per heavy atom. The topological polar surface area (TPSA) is 0 Å². The first-order valence-corrected chi connectivity index (χ1v) is 13.9. The highest BCUT2D eigenvalue weighted by molar-refractivity contribution is 7.66. The predicted octanol–water partition coefficient (Wildman–Crippen LogP) is 5.16. The molecule has 0 aromatic heterocycles. The van der Waals surface area contributed by atoms with E-state index >= 15 is 0 Å². The third-order valence-corrected chi connectivity index (χ3v) is 8.62. The third-order valence-electron chi connectivity index (χ3n) is 1.81. The Balaban J connectivity index is 2.72. The fraction of sp³-hybridized carbons (Fsp3) is 0.333. The molecule has 1 aliphatic rings. The average molecular weight is 347 g/mol. The van der Waals surface area contributed by atoms with Crippen LogP contribution in [0.3, 0.4) is 0 Å². The predicted molar refractivity (Wildman–Crippen MR) is 72.4 cm³/mol. The Labute approximate surface area is 113 Å². The molecule has 0 amide bonds. The van der Waals surface area contributed by atoms with Crippen LogP contribution < -0.4 is 0 Å². The van der Waals surface area contributed by atoms with Crippen LogP contribution in [-0.2, 0) is 0 Å². The summed E-state index contributed by atoms with van der Waals surface area (Å²) in [5.74, 6) is 0. The molecule has 0 aromatic carbocycles. The Kier molecular flexibility index (Phi) is 4.78. The maximum atomic E-state index is 5.85. The molecule has 1 rings (SSSR count). The normalized spacial score (nSPS) is 28.1. The maximum Gasteiger partial charge on any atom is 0.351 e. The Hall–Kier alpha value is 1.65. The van der Waals surface area contributed by atoms with Gasteiger partial charge in [0, 0.05) is 11.1 Å². The minimum Gasteiger partial charge on any atom is -0.125 e. The van der Waals surface area contributed by atoms with Crippen LogP contribution in [-0.4, -0.2) is 12.0 Å². The lowest BCUT2D eigenvalue weighted by atomic mass is 10.2. The van der Waals surface area contributed by atoms with E-state index in [1.807, 2.05) is 24.3 Å². The summed E-state index contributed by atoms with van der Waals surface area (Å²) < 4.78 is 0. The van der Waals surface area contributed by atoms with Crippen LogP contribution in [0.15, 0.2) is 24.3 Å². The molecule has 0 nitrogen and oxygen atoms in total. The molecule has 14 heavy (non-hydrogen) atoms. The van der Waals surface area contributed by atoms with Crippen LogP contribution in [0.5, 0.6) is 0 Å². The summed E-state index contributed by atoms with van der Waals surface area (Å²) in [7, 11) is 0. The van der Waals surface area contributed by atoms with Gasteiger partial charge in [0.1, 0.15) is 0 Å². The number of halogens is 6. The smallest absolute Gasteiger partial charge is 0.125 e. The lowest BCUT2D eigenvalue weighted by molar-refractivity contribution is 1.20. The Morgan fingerprint density at radius 1 is 0.571 bits per heavy atom. The van der Waals surface area contributed by atoms with Gasteiger partial charge in [-0.25, -0.2) is 0 Å². The summed E-state index contributed by atoms with van der Waals surface area (Å²) >= 11 is 35.1. The summed E-state index contributed by atoms with van der Waals surface area (Å²) in [6.45, 7) is 0. The number of hydrogen-bond acceptors (Lipinski definition) is 0. The minimum atomic E-state index is -2.72. The highest BCUT2D eigenvalue weighted by Gasteiger charge is 2.39. The van der Waals surface area contributed by atoms with Crippen molar-refractivity contribution in [3.8, 4) is 0 Å². The van der Waals surface area contributed by atoms with Gasteiger partial charge in [0.15, 0.2) is 0 Å². The minimum absolute atomic E-state index is 0.120. The van der Waals surface area contributed by atoms with Crippen LogP contribution in [0, 0.1) is 0 Å². The van der Waals surface area contributed by atoms with Gasteiger partial charge in [-0.1, -0.05) is 24.3 Å². The summed E-state index contributed by atoms with van der Waals surface area (Å²) in [4.78, 5) is 0. The monoisotopic (exact) mass is 344 g/mol. The van der Waals surface area contributed by atoms with Crippen LogP contribution in [0.1, 0.15) is 0 Å². The second-order valence-electron chi connectivity index (χ2n) is 2.90. The van der Waals surface area contributed by atoms with Gasteiger partial charge in [0.25, 0.3) is 0 Å². The lowest BCUT2D eigenvalue weighted by Crippen LogP contribution is -2.22. The fourth-order valence-corrected chi connectivity index (χ4v) is 4.98. The molecule has 1 aliphatic carbocycles. The molecule has 8 heteroatoms. The lowest BCUT2D eigenvalue weighted by Gasteiger charge is -2.23. The van der Waals surface area contributed by atoms with Gasteiger partial charge in [-0.15, -0.1) is 66.5 Å². The molecule has 0 saturated heterocycles. The molecule has 0 fully saturated rings. The standard InChI is InChI=1S/C6H6Cl6Si2/c7-13(8,9)5-1-2-6(4-3-5)14(10,11)12/h1-6H. The highest BCUT2D eigenvalue weighted by atomic mass is 35.8. The van der Waals surface area contributed by atoms with E-state index in [4.69, 9.17) is 66.5 Å². The number of rotatable bonds is 2. The van der Waals surface area contributed by atoms with Gasteiger partial charge in [0.2, 0.25) is 0 Å². The van der Waals surface area contributed by atoms with Crippen molar-refractivity contribution >= 4 is 78.5 Å². The highest BCUT2D eigenvalue weighted by Crippen LogP contribution is 2.43. The van der Waals surface area contributed by atoms with Gasteiger partial charge in [-0.05, 0) is 0 Å². The molecule has 0 unspecified atom stereocenters. The quantitative estimate of drug-likeness (QED) is 0.368. The largest absolute Gasteiger partial charge is 0.351 e.